The number of aromatic nitrogens is 2. The molecule has 0 fully saturated rings. The molecule has 0 aliphatic heterocycles. The van der Waals surface area contributed by atoms with Gasteiger partial charge < -0.3 is 10.5 Å². The van der Waals surface area contributed by atoms with Gasteiger partial charge >= 0.3 is 0 Å². The van der Waals surface area contributed by atoms with E-state index in [0.29, 0.717) is 12.8 Å². The summed E-state index contributed by atoms with van der Waals surface area (Å²) in [7, 11) is -0.294. The van der Waals surface area contributed by atoms with Crippen LogP contribution in [0.5, 0.6) is 0 Å². The van der Waals surface area contributed by atoms with E-state index in [-0.39, 0.29) is 17.2 Å². The number of aldehydes is 1. The summed E-state index contributed by atoms with van der Waals surface area (Å²) in [5, 5.41) is 19.2. The molecule has 180 valence electrons. The van der Waals surface area contributed by atoms with Gasteiger partial charge in [-0.2, -0.15) is 5.10 Å². The summed E-state index contributed by atoms with van der Waals surface area (Å²) in [6.45, 7) is 1.42. The van der Waals surface area contributed by atoms with Gasteiger partial charge in [0.05, 0.1) is 14.7 Å². The third-order valence-corrected chi connectivity index (χ3v) is 5.84. The SMILES string of the molecule is C#C.CC(=O)NC1=CCC(S(N)(=O)=O)=CCC1.CNO.Cn1ccc(-c2ccc(C=O)s2)n1. The molecule has 0 unspecified atom stereocenters. The van der Waals surface area contributed by atoms with Gasteiger partial charge in [-0.1, -0.05) is 12.2 Å². The maximum absolute atomic E-state index is 11.1. The molecule has 2 aromatic heterocycles. The van der Waals surface area contributed by atoms with E-state index in [2.05, 4.69) is 23.3 Å². The minimum Gasteiger partial charge on any atom is -0.330 e. The van der Waals surface area contributed by atoms with Crippen LogP contribution in [0.3, 0.4) is 0 Å². The van der Waals surface area contributed by atoms with Crippen LogP contribution in [-0.2, 0) is 21.9 Å². The first kappa shape index (κ1) is 29.9. The van der Waals surface area contributed by atoms with Crippen LogP contribution in [0.4, 0.5) is 0 Å². The van der Waals surface area contributed by atoms with Gasteiger partial charge in [0.15, 0.2) is 6.29 Å². The maximum Gasteiger partial charge on any atom is 0.234 e. The molecule has 33 heavy (non-hydrogen) atoms. The number of hydroxylamine groups is 1. The molecular weight excluding hydrogens is 466 g/mol. The maximum atomic E-state index is 11.1. The lowest BCUT2D eigenvalue weighted by atomic mass is 10.2. The molecular formula is C21H29N5O5S2. The van der Waals surface area contributed by atoms with E-state index < -0.39 is 10.0 Å². The Kier molecular flexibility index (Phi) is 14.2. The number of thiophene rings is 1. The molecule has 0 spiro atoms. The predicted molar refractivity (Wildman–Crippen MR) is 130 cm³/mol. The highest BCUT2D eigenvalue weighted by Gasteiger charge is 2.13. The molecule has 1 aliphatic rings. The number of hydrogen-bond acceptors (Lipinski definition) is 8. The Balaban J connectivity index is 0.000000522. The van der Waals surface area contributed by atoms with Crippen LogP contribution >= 0.6 is 11.3 Å². The Morgan fingerprint density at radius 2 is 1.94 bits per heavy atom. The second kappa shape index (κ2) is 15.7. The van der Waals surface area contributed by atoms with Gasteiger partial charge in [-0.3, -0.25) is 14.3 Å². The number of carbonyl (C=O) groups excluding carboxylic acids is 2. The van der Waals surface area contributed by atoms with E-state index in [4.69, 9.17) is 10.3 Å². The Labute approximate surface area is 198 Å². The fourth-order valence-corrected chi connectivity index (χ4v) is 3.92. The van der Waals surface area contributed by atoms with Crippen LogP contribution in [0.25, 0.3) is 10.6 Å². The average molecular weight is 496 g/mol. The molecule has 2 aromatic rings. The zero-order valence-electron chi connectivity index (χ0n) is 18.7. The third kappa shape index (κ3) is 11.9. The first-order valence-corrected chi connectivity index (χ1v) is 11.8. The highest BCUT2D eigenvalue weighted by Crippen LogP contribution is 2.25. The minimum absolute atomic E-state index is 0.152. The van der Waals surface area contributed by atoms with Crippen molar-refractivity contribution < 1.29 is 23.2 Å². The number of hydrogen-bond donors (Lipinski definition) is 4. The third-order valence-electron chi connectivity index (χ3n) is 3.75. The van der Waals surface area contributed by atoms with E-state index in [1.807, 2.05) is 31.4 Å². The van der Waals surface area contributed by atoms with E-state index in [1.54, 1.807) is 22.3 Å². The summed E-state index contributed by atoms with van der Waals surface area (Å²) < 4.78 is 23.9. The predicted octanol–water partition coefficient (Wildman–Crippen LogP) is 2.17. The Hall–Kier alpha value is -3.08. The highest BCUT2D eigenvalue weighted by molar-refractivity contribution is 7.93. The van der Waals surface area contributed by atoms with Crippen LogP contribution in [-0.4, -0.2) is 42.6 Å². The lowest BCUT2D eigenvalue weighted by Crippen LogP contribution is -2.18. The smallest absolute Gasteiger partial charge is 0.234 e. The van der Waals surface area contributed by atoms with Gasteiger partial charge in [-0.15, -0.1) is 24.2 Å². The largest absolute Gasteiger partial charge is 0.330 e. The molecule has 1 aliphatic carbocycles. The van der Waals surface area contributed by atoms with E-state index in [9.17, 15) is 18.0 Å². The number of rotatable bonds is 4. The minimum atomic E-state index is -3.60. The number of allylic oxidation sites excluding steroid dienone is 4. The Morgan fingerprint density at radius 1 is 1.30 bits per heavy atom. The van der Waals surface area contributed by atoms with Gasteiger partial charge in [0, 0.05) is 39.3 Å². The van der Waals surface area contributed by atoms with E-state index in [1.165, 1.54) is 25.3 Å². The molecule has 0 aromatic carbocycles. The first-order valence-electron chi connectivity index (χ1n) is 9.48. The van der Waals surface area contributed by atoms with Crippen molar-refractivity contribution in [3.63, 3.8) is 0 Å². The van der Waals surface area contributed by atoms with Crippen molar-refractivity contribution in [3.05, 3.63) is 52.0 Å². The molecule has 0 radical (unpaired) electrons. The number of aryl methyl sites for hydroxylation is 1. The normalized spacial score (nSPS) is 12.6. The fraction of sp³-hybridized carbons (Fsp3) is 0.286. The summed E-state index contributed by atoms with van der Waals surface area (Å²) >= 11 is 1.46. The van der Waals surface area contributed by atoms with Crippen LogP contribution in [0, 0.1) is 12.8 Å². The lowest BCUT2D eigenvalue weighted by Gasteiger charge is -2.04. The van der Waals surface area contributed by atoms with E-state index >= 15 is 0 Å². The van der Waals surface area contributed by atoms with Crippen molar-refractivity contribution in [2.24, 2.45) is 12.2 Å². The fourth-order valence-electron chi connectivity index (χ4n) is 2.47. The molecule has 3 rings (SSSR count). The van der Waals surface area contributed by atoms with Crippen LogP contribution in [0.2, 0.25) is 0 Å². The van der Waals surface area contributed by atoms with E-state index in [0.717, 1.165) is 27.4 Å². The number of nitrogens with two attached hydrogens (primary N) is 1. The first-order chi connectivity index (χ1) is 15.6. The van der Waals surface area contributed by atoms with Gasteiger partial charge in [0.2, 0.25) is 15.9 Å². The zero-order valence-corrected chi connectivity index (χ0v) is 20.3. The van der Waals surface area contributed by atoms with Crippen molar-refractivity contribution in [1.29, 1.82) is 0 Å². The van der Waals surface area contributed by atoms with Crippen LogP contribution < -0.4 is 15.9 Å². The number of amides is 1. The molecule has 5 N–H and O–H groups in total. The summed E-state index contributed by atoms with van der Waals surface area (Å²) in [5.41, 5.74) is 3.41. The topological polar surface area (TPSA) is 156 Å². The number of nitrogens with zero attached hydrogens (tertiary/aromatic N) is 2. The summed E-state index contributed by atoms with van der Waals surface area (Å²) in [4.78, 5) is 23.2. The van der Waals surface area contributed by atoms with Gasteiger partial charge in [0.1, 0.15) is 5.69 Å². The number of terminal acetylenes is 1. The lowest BCUT2D eigenvalue weighted by molar-refractivity contribution is -0.118. The van der Waals surface area contributed by atoms with Gasteiger partial charge in [-0.25, -0.2) is 19.0 Å². The molecule has 2 heterocycles. The molecule has 0 atom stereocenters. The molecule has 0 bridgehead atoms. The van der Waals surface area contributed by atoms with Crippen LogP contribution in [0.15, 0.2) is 47.2 Å². The van der Waals surface area contributed by atoms with Crippen LogP contribution in [0.1, 0.15) is 35.9 Å². The number of primary sulfonamides is 1. The standard InChI is InChI=1S/C9H14N2O3S.C9H8N2OS.C2H2.CH5NO/c1-7(12)11-8-3-2-4-9(6-5-8)15(10,13)14;1-11-5-4-8(10-11)9-3-2-7(6-12)13-9;1-2;1-2-3/h4-5H,2-3,6H2,1H3,(H,11,12)(H2,10,13,14);2-6H,1H3;1-2H;2-3H,1H3. The van der Waals surface area contributed by atoms with Crippen molar-refractivity contribution in [2.45, 2.75) is 26.2 Å². The quantitative estimate of drug-likeness (QED) is 0.288. The summed E-state index contributed by atoms with van der Waals surface area (Å²) in [5.74, 6) is -0.152. The molecule has 12 heteroatoms. The summed E-state index contributed by atoms with van der Waals surface area (Å²) in [6, 6.07) is 5.65. The Morgan fingerprint density at radius 3 is 2.39 bits per heavy atom. The van der Waals surface area contributed by atoms with Crippen molar-refractivity contribution in [2.75, 3.05) is 7.05 Å². The van der Waals surface area contributed by atoms with Gasteiger partial charge in [-0.05, 0) is 31.0 Å². The monoisotopic (exact) mass is 495 g/mol. The number of nitrogens with one attached hydrogen (secondary N) is 2. The molecule has 0 saturated heterocycles. The second-order valence-corrected chi connectivity index (χ2v) is 9.02. The van der Waals surface area contributed by atoms with Crippen molar-refractivity contribution >= 4 is 33.6 Å². The average Bonchev–Trinajstić information content (AvgIpc) is 3.34. The molecule has 0 saturated carbocycles. The highest BCUT2D eigenvalue weighted by atomic mass is 32.2. The Bertz CT molecular complexity index is 1080. The number of sulfonamides is 1. The van der Waals surface area contributed by atoms with Crippen molar-refractivity contribution in [1.82, 2.24) is 20.6 Å². The zero-order chi connectivity index (χ0) is 25.4. The van der Waals surface area contributed by atoms with Gasteiger partial charge in [0.25, 0.3) is 0 Å². The van der Waals surface area contributed by atoms with Crippen molar-refractivity contribution in [3.8, 4) is 23.4 Å². The second-order valence-electron chi connectivity index (χ2n) is 6.29. The number of carbonyl (C=O) groups is 2. The molecule has 10 nitrogen and oxygen atoms in total. The molecule has 1 amide bonds. The summed E-state index contributed by atoms with van der Waals surface area (Å²) in [6.07, 6.45) is 15.5.